The molecule has 3 rings (SSSR count). The number of alkyl halides is 3. The number of esters is 3. The lowest BCUT2D eigenvalue weighted by molar-refractivity contribution is -0.148. The largest absolute Gasteiger partial charge is 0.461 e. The number of ether oxygens (including phenoxy) is 4. The van der Waals surface area contributed by atoms with E-state index in [1.807, 2.05) is 66.7 Å². The molecule has 0 fully saturated rings. The molecule has 0 spiro atoms. The number of hydrogen-bond donors (Lipinski definition) is 3. The van der Waals surface area contributed by atoms with Crippen molar-refractivity contribution in [2.75, 3.05) is 13.2 Å². The first kappa shape index (κ1) is 42.2. The van der Waals surface area contributed by atoms with Crippen molar-refractivity contribution in [2.24, 2.45) is 5.73 Å². The van der Waals surface area contributed by atoms with E-state index in [4.69, 9.17) is 59.5 Å². The van der Waals surface area contributed by atoms with Crippen molar-refractivity contribution in [3.8, 4) is 0 Å². The normalized spacial score (nSPS) is 12.8. The summed E-state index contributed by atoms with van der Waals surface area (Å²) in [6.07, 6.45) is -1.17. The number of hydrogen-bond acceptors (Lipinski definition) is 10. The van der Waals surface area contributed by atoms with Gasteiger partial charge in [-0.25, -0.2) is 0 Å². The van der Waals surface area contributed by atoms with Gasteiger partial charge in [-0.2, -0.15) is 0 Å². The average Bonchev–Trinajstić information content (AvgIpc) is 3.12. The predicted molar refractivity (Wildman–Crippen MR) is 195 cm³/mol. The molecule has 0 aliphatic carbocycles. The number of rotatable bonds is 21. The number of nitrogens with two attached hydrogens (primary N) is 1. The fraction of sp³-hybridized carbons (Fsp3) is 0.378. The SMILES string of the molecule is N[C@@H](CC(=O)N[C@@H](CCC(=O)OCc1ccccc1)CC(=O)N[C@@H](COCc1ccccc1)CC(=O)OCC(Cl)(Cl)Cl)C(=O)OCc1ccccc1. The molecule has 2 amide bonds. The van der Waals surface area contributed by atoms with Crippen molar-refractivity contribution in [3.63, 3.8) is 0 Å². The number of benzene rings is 3. The van der Waals surface area contributed by atoms with Crippen molar-refractivity contribution >= 4 is 64.5 Å². The Hall–Kier alpha value is -4.20. The van der Waals surface area contributed by atoms with Gasteiger partial charge in [0.1, 0.15) is 25.9 Å². The highest BCUT2D eigenvalue weighted by Gasteiger charge is 2.27. The topological polar surface area (TPSA) is 172 Å². The van der Waals surface area contributed by atoms with Crippen LogP contribution in [0.4, 0.5) is 0 Å². The summed E-state index contributed by atoms with van der Waals surface area (Å²) < 4.78 is 19.6. The van der Waals surface area contributed by atoms with Gasteiger partial charge in [-0.3, -0.25) is 24.0 Å². The summed E-state index contributed by atoms with van der Waals surface area (Å²) in [5.74, 6) is -3.29. The van der Waals surface area contributed by atoms with Gasteiger partial charge in [0, 0.05) is 18.9 Å². The van der Waals surface area contributed by atoms with Gasteiger partial charge >= 0.3 is 17.9 Å². The summed E-state index contributed by atoms with van der Waals surface area (Å²) in [4.78, 5) is 64.0. The number of amides is 2. The van der Waals surface area contributed by atoms with Crippen LogP contribution in [0.1, 0.15) is 48.8 Å². The van der Waals surface area contributed by atoms with E-state index in [2.05, 4.69) is 10.6 Å². The van der Waals surface area contributed by atoms with Crippen LogP contribution in [0.25, 0.3) is 0 Å². The Kier molecular flexibility index (Phi) is 18.4. The second-order valence-electron chi connectivity index (χ2n) is 11.8. The van der Waals surface area contributed by atoms with Crippen LogP contribution in [-0.2, 0) is 62.7 Å². The molecule has 3 atom stereocenters. The number of carbonyl (C=O) groups excluding carboxylic acids is 5. The van der Waals surface area contributed by atoms with E-state index in [0.717, 1.165) is 16.7 Å². The molecular formula is C37H42Cl3N3O9. The van der Waals surface area contributed by atoms with Crippen LogP contribution in [0.5, 0.6) is 0 Å². The number of carbonyl (C=O) groups is 5. The summed E-state index contributed by atoms with van der Waals surface area (Å²) in [5, 5.41) is 5.42. The van der Waals surface area contributed by atoms with Gasteiger partial charge in [0.15, 0.2) is 0 Å². The Morgan fingerprint density at radius 2 is 1.12 bits per heavy atom. The highest BCUT2D eigenvalue weighted by Crippen LogP contribution is 2.26. The van der Waals surface area contributed by atoms with Gasteiger partial charge < -0.3 is 35.3 Å². The van der Waals surface area contributed by atoms with E-state index in [1.165, 1.54) is 0 Å². The summed E-state index contributed by atoms with van der Waals surface area (Å²) in [7, 11) is 0. The second-order valence-corrected chi connectivity index (χ2v) is 14.3. The van der Waals surface area contributed by atoms with Crippen LogP contribution in [0, 0.1) is 0 Å². The molecule has 0 radical (unpaired) electrons. The molecule has 0 unspecified atom stereocenters. The van der Waals surface area contributed by atoms with Crippen LogP contribution in [0.15, 0.2) is 91.0 Å². The molecule has 280 valence electrons. The Morgan fingerprint density at radius 1 is 0.615 bits per heavy atom. The van der Waals surface area contributed by atoms with Gasteiger partial charge in [0.05, 0.1) is 32.1 Å². The van der Waals surface area contributed by atoms with E-state index >= 15 is 0 Å². The fourth-order valence-corrected chi connectivity index (χ4v) is 4.87. The molecule has 0 bridgehead atoms. The first-order valence-corrected chi connectivity index (χ1v) is 17.6. The average molecular weight is 779 g/mol. The van der Waals surface area contributed by atoms with Crippen molar-refractivity contribution < 1.29 is 42.9 Å². The monoisotopic (exact) mass is 777 g/mol. The Labute approximate surface area is 317 Å². The van der Waals surface area contributed by atoms with E-state index in [-0.39, 0.29) is 52.1 Å². The first-order valence-electron chi connectivity index (χ1n) is 16.4. The quantitative estimate of drug-likeness (QED) is 0.0772. The Balaban J connectivity index is 1.62. The molecular weight excluding hydrogens is 737 g/mol. The highest BCUT2D eigenvalue weighted by molar-refractivity contribution is 6.67. The van der Waals surface area contributed by atoms with Crippen molar-refractivity contribution in [3.05, 3.63) is 108 Å². The number of nitrogens with one attached hydrogen (secondary N) is 2. The maximum Gasteiger partial charge on any atom is 0.323 e. The Morgan fingerprint density at radius 3 is 1.67 bits per heavy atom. The zero-order valence-electron chi connectivity index (χ0n) is 28.3. The molecule has 3 aromatic rings. The summed E-state index contributed by atoms with van der Waals surface area (Å²) in [6.45, 7) is -0.341. The first-order chi connectivity index (χ1) is 24.9. The van der Waals surface area contributed by atoms with E-state index in [1.54, 1.807) is 24.3 Å². The third-order valence-corrected chi connectivity index (χ3v) is 7.60. The lowest BCUT2D eigenvalue weighted by atomic mass is 10.1. The van der Waals surface area contributed by atoms with Gasteiger partial charge in [-0.05, 0) is 23.1 Å². The van der Waals surface area contributed by atoms with E-state index in [9.17, 15) is 24.0 Å². The zero-order valence-corrected chi connectivity index (χ0v) is 30.6. The lowest BCUT2D eigenvalue weighted by Gasteiger charge is -2.22. The summed E-state index contributed by atoms with van der Waals surface area (Å²) in [5.41, 5.74) is 8.37. The van der Waals surface area contributed by atoms with Crippen molar-refractivity contribution in [2.45, 2.75) is 73.8 Å². The molecule has 4 N–H and O–H groups in total. The molecule has 0 aliphatic rings. The van der Waals surface area contributed by atoms with Crippen LogP contribution in [0.3, 0.4) is 0 Å². The maximum atomic E-state index is 13.3. The second kappa shape index (κ2) is 22.7. The van der Waals surface area contributed by atoms with E-state index < -0.39 is 64.7 Å². The molecule has 0 saturated carbocycles. The van der Waals surface area contributed by atoms with Gasteiger partial charge in [0.25, 0.3) is 0 Å². The van der Waals surface area contributed by atoms with Crippen molar-refractivity contribution in [1.29, 1.82) is 0 Å². The molecule has 52 heavy (non-hydrogen) atoms. The molecule has 0 aromatic heterocycles. The molecule has 12 nitrogen and oxygen atoms in total. The van der Waals surface area contributed by atoms with Gasteiger partial charge in [0.2, 0.25) is 15.6 Å². The molecule has 0 saturated heterocycles. The standard InChI is InChI=1S/C37H42Cl3N3O9/c38-37(39,40)25-52-35(47)19-30(24-49-21-26-10-4-1-5-11-26)43-32(44)18-29(16-17-34(46)50-22-27-12-6-2-7-13-27)42-33(45)20-31(41)36(48)51-23-28-14-8-3-9-15-28/h1-15,29-31H,16-25,41H2,(H,42,45)(H,43,44)/t29-,30+,31-/m0/s1. The number of halogens is 3. The minimum atomic E-state index is -1.83. The summed E-state index contributed by atoms with van der Waals surface area (Å²) in [6, 6.07) is 24.3. The molecule has 0 aliphatic heterocycles. The molecule has 0 heterocycles. The van der Waals surface area contributed by atoms with Crippen LogP contribution < -0.4 is 16.4 Å². The maximum absolute atomic E-state index is 13.3. The zero-order chi connectivity index (χ0) is 37.8. The van der Waals surface area contributed by atoms with Gasteiger partial charge in [-0.1, -0.05) is 126 Å². The fourth-order valence-electron chi connectivity index (χ4n) is 4.71. The third-order valence-electron chi connectivity index (χ3n) is 7.27. The predicted octanol–water partition coefficient (Wildman–Crippen LogP) is 4.85. The molecule has 15 heteroatoms. The minimum absolute atomic E-state index is 0.0148. The van der Waals surface area contributed by atoms with E-state index in [0.29, 0.717) is 0 Å². The third kappa shape index (κ3) is 18.3. The Bertz CT molecular complexity index is 1560. The van der Waals surface area contributed by atoms with Gasteiger partial charge in [-0.15, -0.1) is 0 Å². The smallest absolute Gasteiger partial charge is 0.323 e. The van der Waals surface area contributed by atoms with Crippen LogP contribution in [0.2, 0.25) is 0 Å². The minimum Gasteiger partial charge on any atom is -0.461 e. The highest BCUT2D eigenvalue weighted by atomic mass is 35.6. The molecule has 3 aromatic carbocycles. The summed E-state index contributed by atoms with van der Waals surface area (Å²) >= 11 is 17.1. The van der Waals surface area contributed by atoms with Crippen LogP contribution in [-0.4, -0.2) is 64.9 Å². The lowest BCUT2D eigenvalue weighted by Crippen LogP contribution is -2.46. The van der Waals surface area contributed by atoms with Crippen molar-refractivity contribution in [1.82, 2.24) is 10.6 Å². The van der Waals surface area contributed by atoms with Crippen LogP contribution >= 0.6 is 34.8 Å².